The molecule has 0 spiro atoms. The molecule has 0 radical (unpaired) electrons. The van der Waals surface area contributed by atoms with Crippen LogP contribution in [0.15, 0.2) is 30.3 Å². The topological polar surface area (TPSA) is 113 Å². The van der Waals surface area contributed by atoms with E-state index in [4.69, 9.17) is 5.21 Å². The van der Waals surface area contributed by atoms with Crippen molar-refractivity contribution in [2.24, 2.45) is 0 Å². The van der Waals surface area contributed by atoms with Crippen molar-refractivity contribution in [3.8, 4) is 0 Å². The summed E-state index contributed by atoms with van der Waals surface area (Å²) in [5.74, 6) is -1.86. The Hall–Kier alpha value is -3.04. The molecule has 132 valence electrons. The number of rotatable bonds is 6. The number of hydroxylamine groups is 2. The predicted octanol–water partition coefficient (Wildman–Crippen LogP) is 1.75. The van der Waals surface area contributed by atoms with E-state index in [-0.39, 0.29) is 17.1 Å². The lowest BCUT2D eigenvalue weighted by Gasteiger charge is -2.13. The molecule has 1 aromatic carbocycles. The second-order valence-electron chi connectivity index (χ2n) is 5.21. The van der Waals surface area contributed by atoms with Crippen LogP contribution >= 0.6 is 0 Å². The molecular formula is C16H17FN4O4. The first-order chi connectivity index (χ1) is 11.9. The number of aryl methyl sites for hydroxylation is 2. The number of carbonyl (C=O) groups excluding carboxylic acids is 2. The largest absolute Gasteiger partial charge is 0.337 e. The summed E-state index contributed by atoms with van der Waals surface area (Å²) in [6, 6.07) is 7.71. The summed E-state index contributed by atoms with van der Waals surface area (Å²) in [5.41, 5.74) is 5.04. The summed E-state index contributed by atoms with van der Waals surface area (Å²) in [6.45, 7) is 2.91. The van der Waals surface area contributed by atoms with E-state index in [0.29, 0.717) is 5.69 Å². The van der Waals surface area contributed by atoms with Crippen LogP contribution in [0.3, 0.4) is 0 Å². The van der Waals surface area contributed by atoms with Crippen LogP contribution in [0.1, 0.15) is 21.6 Å². The standard InChI is InChI=1S/C16H17FN4O4/c1-9-3-6-13(12(17)7-9)19-15-11(5-4-10(2)18-15)16(23)21-25-8-14(22)20-24/h3-7,24H,8H2,1-2H3,(H,18,19)(H,20,22)(H,21,23). The number of nitrogens with one attached hydrogen (secondary N) is 3. The number of halogens is 1. The quantitative estimate of drug-likeness (QED) is 0.467. The Morgan fingerprint density at radius 1 is 1.24 bits per heavy atom. The molecule has 0 saturated heterocycles. The van der Waals surface area contributed by atoms with Crippen LogP contribution in [0, 0.1) is 19.7 Å². The second-order valence-corrected chi connectivity index (χ2v) is 5.21. The summed E-state index contributed by atoms with van der Waals surface area (Å²) in [6.07, 6.45) is 0. The van der Waals surface area contributed by atoms with E-state index in [1.165, 1.54) is 17.6 Å². The monoisotopic (exact) mass is 348 g/mol. The van der Waals surface area contributed by atoms with Gasteiger partial charge in [-0.15, -0.1) is 0 Å². The van der Waals surface area contributed by atoms with E-state index < -0.39 is 24.2 Å². The molecule has 8 nitrogen and oxygen atoms in total. The maximum absolute atomic E-state index is 14.0. The van der Waals surface area contributed by atoms with Gasteiger partial charge in [0.25, 0.3) is 11.8 Å². The molecule has 2 amide bonds. The normalized spacial score (nSPS) is 10.2. The lowest BCUT2D eigenvalue weighted by atomic mass is 10.2. The second kappa shape index (κ2) is 8.18. The van der Waals surface area contributed by atoms with Gasteiger partial charge in [0, 0.05) is 5.69 Å². The molecule has 2 rings (SSSR count). The fraction of sp³-hybridized carbons (Fsp3) is 0.188. The Morgan fingerprint density at radius 3 is 2.68 bits per heavy atom. The van der Waals surface area contributed by atoms with Crippen LogP contribution in [-0.4, -0.2) is 28.6 Å². The fourth-order valence-corrected chi connectivity index (χ4v) is 1.94. The summed E-state index contributed by atoms with van der Waals surface area (Å²) >= 11 is 0. The first-order valence-corrected chi connectivity index (χ1v) is 7.26. The molecule has 0 aliphatic heterocycles. The van der Waals surface area contributed by atoms with E-state index in [1.54, 1.807) is 32.0 Å². The third kappa shape index (κ3) is 4.96. The van der Waals surface area contributed by atoms with Gasteiger partial charge in [0.1, 0.15) is 11.6 Å². The predicted molar refractivity (Wildman–Crippen MR) is 86.7 cm³/mol. The number of pyridine rings is 1. The zero-order chi connectivity index (χ0) is 18.4. The molecule has 0 bridgehead atoms. The van der Waals surface area contributed by atoms with Crippen LogP contribution in [0.4, 0.5) is 15.9 Å². The van der Waals surface area contributed by atoms with Crippen LogP contribution in [0.2, 0.25) is 0 Å². The van der Waals surface area contributed by atoms with Gasteiger partial charge < -0.3 is 5.32 Å². The Bertz CT molecular complexity index is 798. The number of carbonyl (C=O) groups is 2. The molecule has 0 aliphatic carbocycles. The van der Waals surface area contributed by atoms with Gasteiger partial charge in [-0.25, -0.2) is 20.3 Å². The van der Waals surface area contributed by atoms with E-state index in [0.717, 1.165) is 5.56 Å². The van der Waals surface area contributed by atoms with Crippen LogP contribution in [0.25, 0.3) is 0 Å². The summed E-state index contributed by atoms with van der Waals surface area (Å²) in [5, 5.41) is 11.1. The van der Waals surface area contributed by atoms with E-state index in [9.17, 15) is 14.0 Å². The maximum Gasteiger partial charge on any atom is 0.278 e. The van der Waals surface area contributed by atoms with Gasteiger partial charge in [-0.3, -0.25) is 19.6 Å². The Labute approximate surface area is 142 Å². The summed E-state index contributed by atoms with van der Waals surface area (Å²) in [4.78, 5) is 31.9. The lowest BCUT2D eigenvalue weighted by molar-refractivity contribution is -0.135. The Morgan fingerprint density at radius 2 is 2.00 bits per heavy atom. The first kappa shape index (κ1) is 18.3. The van der Waals surface area contributed by atoms with Crippen LogP contribution in [-0.2, 0) is 9.63 Å². The molecule has 25 heavy (non-hydrogen) atoms. The third-order valence-electron chi connectivity index (χ3n) is 3.15. The zero-order valence-corrected chi connectivity index (χ0v) is 13.6. The molecule has 0 aliphatic rings. The molecule has 1 aromatic heterocycles. The van der Waals surface area contributed by atoms with Gasteiger partial charge in [0.2, 0.25) is 0 Å². The minimum Gasteiger partial charge on any atom is -0.337 e. The average Bonchev–Trinajstić information content (AvgIpc) is 2.57. The number of aromatic nitrogens is 1. The smallest absolute Gasteiger partial charge is 0.278 e. The minimum atomic E-state index is -0.831. The molecule has 0 saturated carbocycles. The van der Waals surface area contributed by atoms with Crippen molar-refractivity contribution in [2.45, 2.75) is 13.8 Å². The highest BCUT2D eigenvalue weighted by atomic mass is 19.1. The molecule has 0 atom stereocenters. The van der Waals surface area contributed by atoms with E-state index in [2.05, 4.69) is 15.1 Å². The van der Waals surface area contributed by atoms with E-state index in [1.807, 2.05) is 5.48 Å². The zero-order valence-electron chi connectivity index (χ0n) is 13.6. The Kier molecular flexibility index (Phi) is 5.98. The number of anilines is 2. The van der Waals surface area contributed by atoms with Gasteiger partial charge in [-0.1, -0.05) is 6.07 Å². The number of benzene rings is 1. The van der Waals surface area contributed by atoms with Gasteiger partial charge in [-0.05, 0) is 43.7 Å². The Balaban J connectivity index is 2.19. The minimum absolute atomic E-state index is 0.0926. The number of nitrogens with zero attached hydrogens (tertiary/aromatic N) is 1. The number of amides is 2. The van der Waals surface area contributed by atoms with E-state index >= 15 is 0 Å². The van der Waals surface area contributed by atoms with Crippen molar-refractivity contribution >= 4 is 23.3 Å². The van der Waals surface area contributed by atoms with Crippen molar-refractivity contribution < 1.29 is 24.0 Å². The third-order valence-corrected chi connectivity index (χ3v) is 3.15. The molecule has 1 heterocycles. The molecule has 2 aromatic rings. The molecule has 9 heteroatoms. The van der Waals surface area contributed by atoms with Gasteiger partial charge in [0.05, 0.1) is 11.3 Å². The molecule has 4 N–H and O–H groups in total. The lowest BCUT2D eigenvalue weighted by Crippen LogP contribution is -2.31. The SMILES string of the molecule is Cc1ccc(Nc2nc(C)ccc2C(=O)NOCC(=O)NO)c(F)c1. The van der Waals surface area contributed by atoms with Crippen molar-refractivity contribution in [3.05, 3.63) is 53.0 Å². The highest BCUT2D eigenvalue weighted by Gasteiger charge is 2.15. The van der Waals surface area contributed by atoms with Gasteiger partial charge in [-0.2, -0.15) is 0 Å². The molecular weight excluding hydrogens is 331 g/mol. The van der Waals surface area contributed by atoms with Crippen molar-refractivity contribution in [1.82, 2.24) is 15.9 Å². The number of hydrogen-bond donors (Lipinski definition) is 4. The molecule has 0 fully saturated rings. The van der Waals surface area contributed by atoms with Crippen LogP contribution < -0.4 is 16.3 Å². The summed E-state index contributed by atoms with van der Waals surface area (Å²) < 4.78 is 14.0. The van der Waals surface area contributed by atoms with Crippen molar-refractivity contribution in [1.29, 1.82) is 0 Å². The van der Waals surface area contributed by atoms with Gasteiger partial charge in [0.15, 0.2) is 6.61 Å². The summed E-state index contributed by atoms with van der Waals surface area (Å²) in [7, 11) is 0. The highest BCUT2D eigenvalue weighted by molar-refractivity contribution is 5.98. The number of hydrogen-bond acceptors (Lipinski definition) is 6. The fourth-order valence-electron chi connectivity index (χ4n) is 1.94. The van der Waals surface area contributed by atoms with Crippen molar-refractivity contribution in [2.75, 3.05) is 11.9 Å². The van der Waals surface area contributed by atoms with Crippen LogP contribution in [0.5, 0.6) is 0 Å². The average molecular weight is 348 g/mol. The van der Waals surface area contributed by atoms with Gasteiger partial charge >= 0.3 is 0 Å². The highest BCUT2D eigenvalue weighted by Crippen LogP contribution is 2.22. The van der Waals surface area contributed by atoms with Crippen molar-refractivity contribution in [3.63, 3.8) is 0 Å². The molecule has 0 unspecified atom stereocenters. The first-order valence-electron chi connectivity index (χ1n) is 7.26. The maximum atomic E-state index is 14.0.